The van der Waals surface area contributed by atoms with E-state index in [4.69, 9.17) is 9.47 Å². The molecule has 6 N–H and O–H groups in total. The quantitative estimate of drug-likeness (QED) is 0.0441. The van der Waals surface area contributed by atoms with E-state index in [9.17, 15) is 30.3 Å². The zero-order valence-corrected chi connectivity index (χ0v) is 28.6. The predicted molar refractivity (Wildman–Crippen MR) is 180 cm³/mol. The molecule has 0 aliphatic carbocycles. The molecule has 0 aromatic rings. The first-order valence-corrected chi connectivity index (χ1v) is 18.4. The van der Waals surface area contributed by atoms with Crippen LogP contribution in [0, 0.1) is 0 Å². The Hall–Kier alpha value is -1.07. The normalized spacial score (nSPS) is 23.4. The van der Waals surface area contributed by atoms with Gasteiger partial charge >= 0.3 is 0 Å². The number of rotatable bonds is 29. The zero-order valence-electron chi connectivity index (χ0n) is 28.6. The van der Waals surface area contributed by atoms with E-state index in [1.165, 1.54) is 77.0 Å². The summed E-state index contributed by atoms with van der Waals surface area (Å²) < 4.78 is 11.1. The Bertz CT molecular complexity index is 721. The van der Waals surface area contributed by atoms with Crippen molar-refractivity contribution >= 4 is 5.91 Å². The van der Waals surface area contributed by atoms with Gasteiger partial charge in [0.1, 0.15) is 24.4 Å². The Balaban J connectivity index is 2.36. The van der Waals surface area contributed by atoms with Gasteiger partial charge in [0.2, 0.25) is 5.91 Å². The number of allylic oxidation sites excluding steroid dienone is 2. The first-order chi connectivity index (χ1) is 21.8. The summed E-state index contributed by atoms with van der Waals surface area (Å²) in [5.74, 6) is -0.160. The van der Waals surface area contributed by atoms with Crippen LogP contribution in [0.2, 0.25) is 0 Å². The van der Waals surface area contributed by atoms with Crippen LogP contribution in [0.15, 0.2) is 12.2 Å². The number of carbonyl (C=O) groups excluding carboxylic acids is 1. The van der Waals surface area contributed by atoms with Crippen LogP contribution in [-0.2, 0) is 14.3 Å². The summed E-state index contributed by atoms with van der Waals surface area (Å²) in [4.78, 5) is 12.8. The lowest BCUT2D eigenvalue weighted by atomic mass is 9.99. The fourth-order valence-corrected chi connectivity index (χ4v) is 5.80. The fraction of sp³-hybridized carbons (Fsp3) is 0.917. The molecule has 1 rings (SSSR count). The standard InChI is InChI=1S/C36H69NO8/c1-3-5-7-9-11-12-13-14-15-16-17-18-19-20-22-24-26-32(40)37-29(30(39)25-23-21-10-8-6-4-2)28-44-36-35(43)34(42)33(41)31(27-38)45-36/h15-16,29-31,33-36,38-39,41-43H,3-14,17-28H2,1-2H3,(H,37,40)/b16-15-. The molecule has 0 aromatic heterocycles. The zero-order chi connectivity index (χ0) is 33.1. The van der Waals surface area contributed by atoms with Crippen molar-refractivity contribution in [1.29, 1.82) is 0 Å². The summed E-state index contributed by atoms with van der Waals surface area (Å²) in [6.07, 6.45) is 21.0. The van der Waals surface area contributed by atoms with Crippen LogP contribution < -0.4 is 5.32 Å². The van der Waals surface area contributed by atoms with Crippen LogP contribution in [0.4, 0.5) is 0 Å². The summed E-state index contributed by atoms with van der Waals surface area (Å²) in [6, 6.07) is -0.714. The van der Waals surface area contributed by atoms with Crippen molar-refractivity contribution in [3.63, 3.8) is 0 Å². The molecule has 7 unspecified atom stereocenters. The molecule has 9 heteroatoms. The van der Waals surface area contributed by atoms with E-state index in [1.807, 2.05) is 0 Å². The Morgan fingerprint density at radius 3 is 1.80 bits per heavy atom. The molecule has 9 nitrogen and oxygen atoms in total. The lowest BCUT2D eigenvalue weighted by Gasteiger charge is -2.40. The molecular weight excluding hydrogens is 574 g/mol. The fourth-order valence-electron chi connectivity index (χ4n) is 5.80. The van der Waals surface area contributed by atoms with Crippen molar-refractivity contribution in [3.05, 3.63) is 12.2 Å². The van der Waals surface area contributed by atoms with Crippen molar-refractivity contribution < 1.29 is 39.8 Å². The second kappa shape index (κ2) is 28.0. The monoisotopic (exact) mass is 644 g/mol. The van der Waals surface area contributed by atoms with Crippen LogP contribution in [0.3, 0.4) is 0 Å². The molecule has 266 valence electrons. The second-order valence-corrected chi connectivity index (χ2v) is 13.0. The molecule has 7 atom stereocenters. The molecule has 45 heavy (non-hydrogen) atoms. The first kappa shape index (κ1) is 42.0. The van der Waals surface area contributed by atoms with E-state index in [1.54, 1.807) is 0 Å². The van der Waals surface area contributed by atoms with Gasteiger partial charge in [-0.05, 0) is 38.5 Å². The maximum Gasteiger partial charge on any atom is 0.220 e. The van der Waals surface area contributed by atoms with Gasteiger partial charge in [-0.25, -0.2) is 0 Å². The maximum atomic E-state index is 12.8. The minimum atomic E-state index is -1.55. The van der Waals surface area contributed by atoms with Crippen LogP contribution in [0.1, 0.15) is 155 Å². The van der Waals surface area contributed by atoms with Crippen molar-refractivity contribution in [3.8, 4) is 0 Å². The first-order valence-electron chi connectivity index (χ1n) is 18.4. The highest BCUT2D eigenvalue weighted by Gasteiger charge is 2.44. The molecule has 0 bridgehead atoms. The number of hydrogen-bond donors (Lipinski definition) is 6. The number of aliphatic hydroxyl groups is 5. The molecule has 0 radical (unpaired) electrons. The SMILES string of the molecule is CCCCCCCCC/C=C\CCCCCCCC(=O)NC(COC1OC(CO)C(O)C(O)C1O)C(O)CCCCCCCC. The Morgan fingerprint density at radius 1 is 0.733 bits per heavy atom. The van der Waals surface area contributed by atoms with Crippen LogP contribution in [0.25, 0.3) is 0 Å². The molecule has 1 aliphatic heterocycles. The van der Waals surface area contributed by atoms with Gasteiger partial charge in [-0.15, -0.1) is 0 Å². The maximum absolute atomic E-state index is 12.8. The van der Waals surface area contributed by atoms with Gasteiger partial charge in [0.05, 0.1) is 25.4 Å². The van der Waals surface area contributed by atoms with E-state index < -0.39 is 49.5 Å². The number of carbonyl (C=O) groups is 1. The number of hydrogen-bond acceptors (Lipinski definition) is 8. The van der Waals surface area contributed by atoms with Gasteiger partial charge < -0.3 is 40.3 Å². The number of ether oxygens (including phenoxy) is 2. The van der Waals surface area contributed by atoms with Gasteiger partial charge in [0.15, 0.2) is 6.29 Å². The number of nitrogens with one attached hydrogen (secondary N) is 1. The summed E-state index contributed by atoms with van der Waals surface area (Å²) in [5.41, 5.74) is 0. The van der Waals surface area contributed by atoms with Gasteiger partial charge in [-0.1, -0.05) is 122 Å². The average molecular weight is 644 g/mol. The lowest BCUT2D eigenvalue weighted by molar-refractivity contribution is -0.302. The predicted octanol–water partition coefficient (Wildman–Crippen LogP) is 5.83. The third kappa shape index (κ3) is 20.0. The molecular formula is C36H69NO8. The third-order valence-corrected chi connectivity index (χ3v) is 8.87. The summed E-state index contributed by atoms with van der Waals surface area (Å²) in [7, 11) is 0. The van der Waals surface area contributed by atoms with E-state index in [0.29, 0.717) is 12.8 Å². The molecule has 1 aliphatic rings. The van der Waals surface area contributed by atoms with E-state index in [2.05, 4.69) is 31.3 Å². The molecule has 1 saturated heterocycles. The van der Waals surface area contributed by atoms with Crippen LogP contribution in [0.5, 0.6) is 0 Å². The minimum Gasteiger partial charge on any atom is -0.394 e. The highest BCUT2D eigenvalue weighted by atomic mass is 16.7. The van der Waals surface area contributed by atoms with Gasteiger partial charge in [0.25, 0.3) is 0 Å². The Kier molecular flexibility index (Phi) is 26.1. The van der Waals surface area contributed by atoms with Crippen molar-refractivity contribution in [2.45, 2.75) is 198 Å². The minimum absolute atomic E-state index is 0.141. The van der Waals surface area contributed by atoms with E-state index in [-0.39, 0.29) is 12.5 Å². The van der Waals surface area contributed by atoms with Gasteiger partial charge in [0, 0.05) is 6.42 Å². The third-order valence-electron chi connectivity index (χ3n) is 8.87. The van der Waals surface area contributed by atoms with Crippen LogP contribution >= 0.6 is 0 Å². The topological polar surface area (TPSA) is 149 Å². The molecule has 1 amide bonds. The Labute approximate surface area is 274 Å². The van der Waals surface area contributed by atoms with Gasteiger partial charge in [-0.2, -0.15) is 0 Å². The largest absolute Gasteiger partial charge is 0.394 e. The van der Waals surface area contributed by atoms with Crippen molar-refractivity contribution in [2.24, 2.45) is 0 Å². The highest BCUT2D eigenvalue weighted by Crippen LogP contribution is 2.23. The number of amides is 1. The molecule has 1 fully saturated rings. The summed E-state index contributed by atoms with van der Waals surface area (Å²) in [5, 5.41) is 53.7. The van der Waals surface area contributed by atoms with E-state index >= 15 is 0 Å². The van der Waals surface area contributed by atoms with Gasteiger partial charge in [-0.3, -0.25) is 4.79 Å². The Morgan fingerprint density at radius 2 is 1.24 bits per heavy atom. The summed E-state index contributed by atoms with van der Waals surface area (Å²) >= 11 is 0. The lowest BCUT2D eigenvalue weighted by Crippen LogP contribution is -2.60. The second-order valence-electron chi connectivity index (χ2n) is 13.0. The summed E-state index contributed by atoms with van der Waals surface area (Å²) in [6.45, 7) is 3.73. The number of aliphatic hydroxyl groups excluding tert-OH is 5. The van der Waals surface area contributed by atoms with Crippen molar-refractivity contribution in [2.75, 3.05) is 13.2 Å². The highest BCUT2D eigenvalue weighted by molar-refractivity contribution is 5.76. The average Bonchev–Trinajstić information content (AvgIpc) is 3.04. The molecule has 0 spiro atoms. The van der Waals surface area contributed by atoms with Crippen LogP contribution in [-0.4, -0.2) is 87.5 Å². The number of unbranched alkanes of at least 4 members (excludes halogenated alkanes) is 17. The smallest absolute Gasteiger partial charge is 0.220 e. The van der Waals surface area contributed by atoms with E-state index in [0.717, 1.165) is 51.4 Å². The molecule has 0 aromatic carbocycles. The molecule has 0 saturated carbocycles. The van der Waals surface area contributed by atoms with Crippen molar-refractivity contribution in [1.82, 2.24) is 5.32 Å². The molecule has 1 heterocycles.